The highest BCUT2D eigenvalue weighted by atomic mass is 32.2. The van der Waals surface area contributed by atoms with E-state index in [2.05, 4.69) is 22.1 Å². The van der Waals surface area contributed by atoms with Crippen LogP contribution >= 0.6 is 11.8 Å². The summed E-state index contributed by atoms with van der Waals surface area (Å²) < 4.78 is 6.10. The van der Waals surface area contributed by atoms with Crippen LogP contribution in [0.15, 0.2) is 21.1 Å². The summed E-state index contributed by atoms with van der Waals surface area (Å²) in [7, 11) is 4.98. The van der Waals surface area contributed by atoms with E-state index in [1.807, 2.05) is 11.6 Å². The Hall–Kier alpha value is -2.36. The third-order valence-corrected chi connectivity index (χ3v) is 5.29. The molecule has 3 heterocycles. The fourth-order valence-corrected chi connectivity index (χ4v) is 3.60. The number of hydrogen-bond acceptors (Lipinski definition) is 6. The Kier molecular flexibility index (Phi) is 4.80. The van der Waals surface area contributed by atoms with Gasteiger partial charge in [-0.05, 0) is 6.42 Å². The maximum absolute atomic E-state index is 12.5. The number of nitrogens with zero attached hydrogens (tertiary/aromatic N) is 7. The molecule has 0 bridgehead atoms. The molecule has 0 aliphatic heterocycles. The molecule has 0 aromatic carbocycles. The molecule has 10 heteroatoms. The summed E-state index contributed by atoms with van der Waals surface area (Å²) in [6.07, 6.45) is 3.83. The zero-order valence-electron chi connectivity index (χ0n) is 14.8. The molecule has 0 spiro atoms. The molecule has 0 saturated carbocycles. The van der Waals surface area contributed by atoms with Crippen LogP contribution in [-0.2, 0) is 27.7 Å². The van der Waals surface area contributed by atoms with E-state index in [9.17, 15) is 9.59 Å². The molecule has 0 N–H and O–H groups in total. The van der Waals surface area contributed by atoms with Crippen LogP contribution in [0.1, 0.15) is 25.6 Å². The summed E-state index contributed by atoms with van der Waals surface area (Å²) in [6.45, 7) is 2.52. The second-order valence-electron chi connectivity index (χ2n) is 5.91. The van der Waals surface area contributed by atoms with Gasteiger partial charge in [-0.25, -0.2) is 9.78 Å². The number of rotatable bonds is 6. The zero-order chi connectivity index (χ0) is 18.1. The lowest BCUT2D eigenvalue weighted by molar-refractivity contribution is 0.673. The van der Waals surface area contributed by atoms with Crippen LogP contribution in [0.2, 0.25) is 0 Å². The van der Waals surface area contributed by atoms with E-state index in [4.69, 9.17) is 0 Å². The minimum Gasteiger partial charge on any atom is -0.317 e. The highest BCUT2D eigenvalue weighted by Gasteiger charge is 2.16. The average molecular weight is 363 g/mol. The Morgan fingerprint density at radius 2 is 1.84 bits per heavy atom. The van der Waals surface area contributed by atoms with Gasteiger partial charge in [-0.15, -0.1) is 10.2 Å². The Labute approximate surface area is 148 Å². The van der Waals surface area contributed by atoms with Crippen LogP contribution in [0, 0.1) is 0 Å². The van der Waals surface area contributed by atoms with Crippen molar-refractivity contribution >= 4 is 22.9 Å². The van der Waals surface area contributed by atoms with E-state index < -0.39 is 5.69 Å². The molecule has 0 amide bonds. The van der Waals surface area contributed by atoms with Crippen molar-refractivity contribution in [1.29, 1.82) is 0 Å². The number of aryl methyl sites for hydroxylation is 1. The minimum absolute atomic E-state index is 0.363. The first-order chi connectivity index (χ1) is 12.0. The van der Waals surface area contributed by atoms with Crippen LogP contribution in [0.5, 0.6) is 0 Å². The molecule has 0 unspecified atom stereocenters. The number of fused-ring (bicyclic) bond motifs is 1. The minimum atomic E-state index is -0.393. The number of imidazole rings is 1. The third-order valence-electron chi connectivity index (χ3n) is 4.18. The molecule has 0 saturated heterocycles. The molecule has 0 fully saturated rings. The molecule has 3 rings (SSSR count). The van der Waals surface area contributed by atoms with Gasteiger partial charge < -0.3 is 9.13 Å². The van der Waals surface area contributed by atoms with E-state index in [1.165, 1.54) is 11.6 Å². The third kappa shape index (κ3) is 3.01. The quantitative estimate of drug-likeness (QED) is 0.468. The lowest BCUT2D eigenvalue weighted by Gasteiger charge is -2.07. The summed E-state index contributed by atoms with van der Waals surface area (Å²) in [4.78, 5) is 28.7. The predicted octanol–water partition coefficient (Wildman–Crippen LogP) is 0.503. The van der Waals surface area contributed by atoms with Gasteiger partial charge in [0.1, 0.15) is 0 Å². The highest BCUT2D eigenvalue weighted by Crippen LogP contribution is 2.18. The van der Waals surface area contributed by atoms with Gasteiger partial charge in [0.05, 0.1) is 12.9 Å². The monoisotopic (exact) mass is 363 g/mol. The maximum atomic E-state index is 12.5. The van der Waals surface area contributed by atoms with E-state index >= 15 is 0 Å². The van der Waals surface area contributed by atoms with Gasteiger partial charge >= 0.3 is 5.69 Å². The van der Waals surface area contributed by atoms with Crippen molar-refractivity contribution in [2.24, 2.45) is 21.1 Å². The molecule has 0 atom stereocenters. The standard InChI is InChI=1S/C15H21N7O2S/c1-5-6-7-25-14-18-17-10(19(14)2)8-22-9-16-12-11(22)13(23)21(4)15(24)20(12)3/h9H,5-8H2,1-4H3. The first-order valence-electron chi connectivity index (χ1n) is 8.07. The Morgan fingerprint density at radius 3 is 2.56 bits per heavy atom. The van der Waals surface area contributed by atoms with Gasteiger partial charge in [0.15, 0.2) is 22.1 Å². The van der Waals surface area contributed by atoms with Crippen molar-refractivity contribution in [3.8, 4) is 0 Å². The Morgan fingerprint density at radius 1 is 1.08 bits per heavy atom. The second kappa shape index (κ2) is 6.87. The van der Waals surface area contributed by atoms with Gasteiger partial charge in [0, 0.05) is 26.9 Å². The summed E-state index contributed by atoms with van der Waals surface area (Å²) >= 11 is 1.67. The summed E-state index contributed by atoms with van der Waals surface area (Å²) in [5.74, 6) is 1.73. The largest absolute Gasteiger partial charge is 0.332 e. The van der Waals surface area contributed by atoms with Crippen molar-refractivity contribution < 1.29 is 0 Å². The van der Waals surface area contributed by atoms with Gasteiger partial charge in [-0.2, -0.15) is 0 Å². The van der Waals surface area contributed by atoms with Crippen molar-refractivity contribution in [1.82, 2.24) is 33.4 Å². The molecular weight excluding hydrogens is 342 g/mol. The van der Waals surface area contributed by atoms with Gasteiger partial charge in [-0.1, -0.05) is 25.1 Å². The molecule has 3 aromatic heterocycles. The van der Waals surface area contributed by atoms with Crippen LogP contribution in [0.4, 0.5) is 0 Å². The van der Waals surface area contributed by atoms with E-state index in [0.29, 0.717) is 17.7 Å². The summed E-state index contributed by atoms with van der Waals surface area (Å²) in [6, 6.07) is 0. The molecule has 9 nitrogen and oxygen atoms in total. The molecular formula is C15H21N7O2S. The maximum Gasteiger partial charge on any atom is 0.332 e. The molecule has 25 heavy (non-hydrogen) atoms. The normalized spacial score (nSPS) is 11.5. The number of unbranched alkanes of at least 4 members (excludes halogenated alkanes) is 1. The van der Waals surface area contributed by atoms with Gasteiger partial charge in [-0.3, -0.25) is 13.9 Å². The molecule has 0 aliphatic carbocycles. The smallest absolute Gasteiger partial charge is 0.317 e. The highest BCUT2D eigenvalue weighted by molar-refractivity contribution is 7.99. The van der Waals surface area contributed by atoms with Crippen molar-refractivity contribution in [3.63, 3.8) is 0 Å². The second-order valence-corrected chi connectivity index (χ2v) is 6.97. The molecule has 0 aliphatic rings. The van der Waals surface area contributed by atoms with Gasteiger partial charge in [0.25, 0.3) is 5.56 Å². The fourth-order valence-electron chi connectivity index (χ4n) is 2.59. The van der Waals surface area contributed by atoms with Crippen LogP contribution < -0.4 is 11.2 Å². The SMILES string of the molecule is CCCCSc1nnc(Cn2cnc3c2c(=O)n(C)c(=O)n3C)n1C. The number of hydrogen-bond donors (Lipinski definition) is 0. The average Bonchev–Trinajstić information content (AvgIpc) is 3.17. The van der Waals surface area contributed by atoms with Crippen LogP contribution in [0.3, 0.4) is 0 Å². The van der Waals surface area contributed by atoms with Crippen molar-refractivity contribution in [3.05, 3.63) is 33.0 Å². The zero-order valence-corrected chi connectivity index (χ0v) is 15.6. The number of aromatic nitrogens is 7. The lowest BCUT2D eigenvalue weighted by Crippen LogP contribution is -2.37. The molecule has 0 radical (unpaired) electrons. The first-order valence-corrected chi connectivity index (χ1v) is 9.06. The van der Waals surface area contributed by atoms with Crippen molar-refractivity contribution in [2.45, 2.75) is 31.5 Å². The predicted molar refractivity (Wildman–Crippen MR) is 96.0 cm³/mol. The van der Waals surface area contributed by atoms with Crippen LogP contribution in [0.25, 0.3) is 11.2 Å². The van der Waals surface area contributed by atoms with E-state index in [0.717, 1.165) is 34.1 Å². The summed E-state index contributed by atoms with van der Waals surface area (Å²) in [5, 5.41) is 9.31. The Balaban J connectivity index is 1.97. The van der Waals surface area contributed by atoms with Gasteiger partial charge in [0.2, 0.25) is 0 Å². The molecule has 3 aromatic rings. The molecule has 134 valence electrons. The van der Waals surface area contributed by atoms with Crippen molar-refractivity contribution in [2.75, 3.05) is 5.75 Å². The first kappa shape index (κ1) is 17.5. The number of thioether (sulfide) groups is 1. The lowest BCUT2D eigenvalue weighted by atomic mass is 10.4. The fraction of sp³-hybridized carbons (Fsp3) is 0.533. The van der Waals surface area contributed by atoms with Crippen LogP contribution in [-0.4, -0.2) is 39.2 Å². The van der Waals surface area contributed by atoms with E-state index in [-0.39, 0.29) is 5.56 Å². The Bertz CT molecular complexity index is 1030. The topological polar surface area (TPSA) is 92.5 Å². The van der Waals surface area contributed by atoms with E-state index in [1.54, 1.807) is 29.7 Å². The summed E-state index contributed by atoms with van der Waals surface area (Å²) in [5.41, 5.74) is -0.00747.